The molecule has 2 N–H and O–H groups in total. The van der Waals surface area contributed by atoms with Crippen molar-refractivity contribution in [3.63, 3.8) is 0 Å². The number of halogens is 1. The zero-order valence-electron chi connectivity index (χ0n) is 14.3. The van der Waals surface area contributed by atoms with E-state index in [-0.39, 0.29) is 17.9 Å². The van der Waals surface area contributed by atoms with E-state index in [1.807, 2.05) is 41.3 Å². The molecule has 2 aliphatic rings. The van der Waals surface area contributed by atoms with Gasteiger partial charge in [0.25, 0.3) is 0 Å². The van der Waals surface area contributed by atoms with Crippen molar-refractivity contribution in [3.05, 3.63) is 58.6 Å². The third kappa shape index (κ3) is 3.68. The average molecular weight is 370 g/mol. The Kier molecular flexibility index (Phi) is 4.55. The van der Waals surface area contributed by atoms with E-state index >= 15 is 0 Å². The number of hydrogen-bond donors (Lipinski definition) is 2. The molecule has 4 rings (SSSR count). The fourth-order valence-electron chi connectivity index (χ4n) is 3.24. The van der Waals surface area contributed by atoms with E-state index in [1.165, 1.54) is 0 Å². The van der Waals surface area contributed by atoms with Crippen LogP contribution in [-0.2, 0) is 17.8 Å². The molecule has 0 atom stereocenters. The van der Waals surface area contributed by atoms with Crippen LogP contribution in [0.5, 0.6) is 0 Å². The van der Waals surface area contributed by atoms with Crippen LogP contribution in [0.4, 0.5) is 16.2 Å². The molecule has 3 amide bonds. The summed E-state index contributed by atoms with van der Waals surface area (Å²) in [5.74, 6) is 0.407. The molecule has 0 bridgehead atoms. The van der Waals surface area contributed by atoms with Crippen LogP contribution in [0.3, 0.4) is 0 Å². The molecular weight excluding hydrogens is 350 g/mol. The van der Waals surface area contributed by atoms with Gasteiger partial charge in [-0.05, 0) is 54.7 Å². The van der Waals surface area contributed by atoms with Crippen LogP contribution < -0.4 is 15.5 Å². The minimum Gasteiger partial charge on any atom is -0.334 e. The zero-order valence-corrected chi connectivity index (χ0v) is 15.1. The number of amides is 3. The van der Waals surface area contributed by atoms with Crippen LogP contribution in [0.15, 0.2) is 42.5 Å². The van der Waals surface area contributed by atoms with Crippen molar-refractivity contribution >= 4 is 34.9 Å². The summed E-state index contributed by atoms with van der Waals surface area (Å²) in [6.45, 7) is 1.12. The molecule has 1 aliphatic carbocycles. The third-order valence-corrected chi connectivity index (χ3v) is 5.01. The fourth-order valence-corrected chi connectivity index (χ4v) is 3.45. The largest absolute Gasteiger partial charge is 0.334 e. The number of carbonyl (C=O) groups excluding carboxylic acids is 2. The summed E-state index contributed by atoms with van der Waals surface area (Å²) >= 11 is 5.95. The van der Waals surface area contributed by atoms with Gasteiger partial charge >= 0.3 is 6.03 Å². The number of anilines is 2. The van der Waals surface area contributed by atoms with Crippen molar-refractivity contribution in [2.45, 2.75) is 25.8 Å². The van der Waals surface area contributed by atoms with Crippen LogP contribution in [0.25, 0.3) is 0 Å². The molecule has 1 fully saturated rings. The number of nitrogens with zero attached hydrogens (tertiary/aromatic N) is 1. The predicted octanol–water partition coefficient (Wildman–Crippen LogP) is 3.96. The van der Waals surface area contributed by atoms with E-state index in [2.05, 4.69) is 10.6 Å². The van der Waals surface area contributed by atoms with Gasteiger partial charge in [0.2, 0.25) is 5.91 Å². The fraction of sp³-hybridized carbons (Fsp3) is 0.300. The molecular formula is C20H20ClN3O2. The van der Waals surface area contributed by atoms with Crippen molar-refractivity contribution in [3.8, 4) is 0 Å². The Balaban J connectivity index is 1.40. The molecule has 0 aromatic heterocycles. The van der Waals surface area contributed by atoms with Gasteiger partial charge in [-0.1, -0.05) is 29.8 Å². The Morgan fingerprint density at radius 3 is 2.77 bits per heavy atom. The smallest absolute Gasteiger partial charge is 0.319 e. The van der Waals surface area contributed by atoms with Crippen LogP contribution in [0, 0.1) is 5.92 Å². The Hall–Kier alpha value is -2.53. The monoisotopic (exact) mass is 369 g/mol. The van der Waals surface area contributed by atoms with Gasteiger partial charge in [0.05, 0.1) is 0 Å². The highest BCUT2D eigenvalue weighted by molar-refractivity contribution is 6.30. The van der Waals surface area contributed by atoms with E-state index in [9.17, 15) is 9.59 Å². The van der Waals surface area contributed by atoms with Gasteiger partial charge in [-0.15, -0.1) is 0 Å². The Morgan fingerprint density at radius 1 is 1.15 bits per heavy atom. The van der Waals surface area contributed by atoms with E-state index in [1.54, 1.807) is 6.07 Å². The molecule has 0 spiro atoms. The molecule has 1 heterocycles. The first-order chi connectivity index (χ1) is 12.6. The second kappa shape index (κ2) is 7.00. The number of fused-ring (bicyclic) bond motifs is 1. The highest BCUT2D eigenvalue weighted by atomic mass is 35.5. The highest BCUT2D eigenvalue weighted by Gasteiger charge is 2.36. The van der Waals surface area contributed by atoms with Gasteiger partial charge < -0.3 is 15.5 Å². The van der Waals surface area contributed by atoms with Crippen molar-refractivity contribution in [2.24, 2.45) is 5.92 Å². The molecule has 0 unspecified atom stereocenters. The third-order valence-electron chi connectivity index (χ3n) is 4.77. The summed E-state index contributed by atoms with van der Waals surface area (Å²) in [6.07, 6.45) is 2.86. The lowest BCUT2D eigenvalue weighted by molar-refractivity contribution is -0.119. The molecule has 1 aliphatic heterocycles. The van der Waals surface area contributed by atoms with Gasteiger partial charge in [-0.25, -0.2) is 4.79 Å². The summed E-state index contributed by atoms with van der Waals surface area (Å²) in [4.78, 5) is 26.4. The van der Waals surface area contributed by atoms with Crippen LogP contribution in [0.2, 0.25) is 5.02 Å². The molecule has 6 heteroatoms. The molecule has 2 aromatic rings. The van der Waals surface area contributed by atoms with Crippen molar-refractivity contribution in [1.82, 2.24) is 5.32 Å². The zero-order chi connectivity index (χ0) is 18.1. The molecule has 134 valence electrons. The van der Waals surface area contributed by atoms with E-state index < -0.39 is 0 Å². The summed E-state index contributed by atoms with van der Waals surface area (Å²) in [6, 6.07) is 12.8. The maximum atomic E-state index is 12.4. The summed E-state index contributed by atoms with van der Waals surface area (Å²) in [7, 11) is 0. The number of carbonyl (C=O) groups is 2. The lowest BCUT2D eigenvalue weighted by atomic mass is 10.1. The number of nitrogens with one attached hydrogen (secondary N) is 2. The number of urea groups is 1. The van der Waals surface area contributed by atoms with Gasteiger partial charge in [0.1, 0.15) is 0 Å². The number of hydrogen-bond acceptors (Lipinski definition) is 2. The van der Waals surface area contributed by atoms with E-state index in [0.717, 1.165) is 42.6 Å². The minimum absolute atomic E-state index is 0.193. The van der Waals surface area contributed by atoms with Crippen molar-refractivity contribution in [1.29, 1.82) is 0 Å². The summed E-state index contributed by atoms with van der Waals surface area (Å²) in [5, 5.41) is 6.30. The van der Waals surface area contributed by atoms with Gasteiger partial charge in [0, 0.05) is 35.4 Å². The first-order valence-electron chi connectivity index (χ1n) is 8.84. The number of rotatable bonds is 4. The van der Waals surface area contributed by atoms with Crippen LogP contribution in [0.1, 0.15) is 24.0 Å². The Labute approximate surface area is 157 Å². The van der Waals surface area contributed by atoms with Crippen molar-refractivity contribution < 1.29 is 9.59 Å². The second-order valence-electron chi connectivity index (χ2n) is 6.80. The molecule has 0 radical (unpaired) electrons. The van der Waals surface area contributed by atoms with Gasteiger partial charge in [0.15, 0.2) is 0 Å². The first kappa shape index (κ1) is 16.9. The maximum Gasteiger partial charge on any atom is 0.319 e. The molecule has 0 saturated heterocycles. The minimum atomic E-state index is -0.289. The molecule has 2 aromatic carbocycles. The SMILES string of the molecule is O=C(NCc1cccc(Cl)c1)Nc1ccc2c(c1)N(C(=O)C1CC1)CC2. The lowest BCUT2D eigenvalue weighted by Gasteiger charge is -2.18. The quantitative estimate of drug-likeness (QED) is 0.856. The molecule has 26 heavy (non-hydrogen) atoms. The predicted molar refractivity (Wildman–Crippen MR) is 103 cm³/mol. The summed E-state index contributed by atoms with van der Waals surface area (Å²) in [5.41, 5.74) is 3.70. The number of benzene rings is 2. The highest BCUT2D eigenvalue weighted by Crippen LogP contribution is 2.37. The second-order valence-corrected chi connectivity index (χ2v) is 7.23. The normalized spacial score (nSPS) is 15.5. The Morgan fingerprint density at radius 2 is 2.00 bits per heavy atom. The lowest BCUT2D eigenvalue weighted by Crippen LogP contribution is -2.30. The van der Waals surface area contributed by atoms with Crippen LogP contribution in [-0.4, -0.2) is 18.5 Å². The standard InChI is InChI=1S/C20H20ClN3O2/c21-16-3-1-2-13(10-16)12-22-20(26)23-17-7-6-14-8-9-24(18(14)11-17)19(25)15-4-5-15/h1-3,6-7,10-11,15H,4-5,8-9,12H2,(H2,22,23,26). The first-order valence-corrected chi connectivity index (χ1v) is 9.21. The molecule has 5 nitrogen and oxygen atoms in total. The topological polar surface area (TPSA) is 61.4 Å². The van der Waals surface area contributed by atoms with Gasteiger partial charge in [-0.3, -0.25) is 4.79 Å². The Bertz CT molecular complexity index is 864. The van der Waals surface area contributed by atoms with Crippen LogP contribution >= 0.6 is 11.6 Å². The van der Waals surface area contributed by atoms with E-state index in [4.69, 9.17) is 11.6 Å². The maximum absolute atomic E-state index is 12.4. The van der Waals surface area contributed by atoms with E-state index in [0.29, 0.717) is 17.3 Å². The van der Waals surface area contributed by atoms with Gasteiger partial charge in [-0.2, -0.15) is 0 Å². The average Bonchev–Trinajstić information content (AvgIpc) is 3.39. The molecule has 1 saturated carbocycles. The summed E-state index contributed by atoms with van der Waals surface area (Å²) < 4.78 is 0. The van der Waals surface area contributed by atoms with Crippen molar-refractivity contribution in [2.75, 3.05) is 16.8 Å².